The van der Waals surface area contributed by atoms with E-state index in [0.29, 0.717) is 30.0 Å². The Morgan fingerprint density at radius 1 is 1.39 bits per heavy atom. The molecule has 1 aromatic rings. The summed E-state index contributed by atoms with van der Waals surface area (Å²) < 4.78 is 13.6. The van der Waals surface area contributed by atoms with Gasteiger partial charge in [0, 0.05) is 23.4 Å². The second-order valence-electron chi connectivity index (χ2n) is 4.53. The van der Waals surface area contributed by atoms with Gasteiger partial charge >= 0.3 is 0 Å². The van der Waals surface area contributed by atoms with Crippen molar-refractivity contribution in [1.82, 2.24) is 0 Å². The highest BCUT2D eigenvalue weighted by Crippen LogP contribution is 2.28. The molecular formula is C14H19ClFNO. The van der Waals surface area contributed by atoms with Crippen LogP contribution >= 0.6 is 11.6 Å². The number of nitrogens with two attached hydrogens (primary N) is 1. The lowest BCUT2D eigenvalue weighted by molar-refractivity contribution is -0.128. The standard InChI is InChI=1S/C14H19ClFNO/c1-3-14(4-2,9-17)13(18)7-10-5-6-11(15)8-12(10)16/h5-6,8H,3-4,7,9,17H2,1-2H3. The Balaban J connectivity index is 2.93. The number of hydrogen-bond donors (Lipinski definition) is 1. The van der Waals surface area contributed by atoms with Gasteiger partial charge in [-0.15, -0.1) is 0 Å². The van der Waals surface area contributed by atoms with Gasteiger partial charge in [-0.05, 0) is 30.5 Å². The Morgan fingerprint density at radius 2 is 2.00 bits per heavy atom. The summed E-state index contributed by atoms with van der Waals surface area (Å²) in [5.41, 5.74) is 5.55. The van der Waals surface area contributed by atoms with Gasteiger partial charge in [0.25, 0.3) is 0 Å². The van der Waals surface area contributed by atoms with Crippen molar-refractivity contribution in [2.24, 2.45) is 11.1 Å². The van der Waals surface area contributed by atoms with E-state index in [-0.39, 0.29) is 12.2 Å². The van der Waals surface area contributed by atoms with E-state index in [1.54, 1.807) is 12.1 Å². The number of hydrogen-bond acceptors (Lipinski definition) is 2. The van der Waals surface area contributed by atoms with Crippen molar-refractivity contribution in [3.05, 3.63) is 34.6 Å². The fourth-order valence-electron chi connectivity index (χ4n) is 2.07. The van der Waals surface area contributed by atoms with Crippen LogP contribution in [-0.4, -0.2) is 12.3 Å². The van der Waals surface area contributed by atoms with Gasteiger partial charge in [-0.3, -0.25) is 4.79 Å². The number of Topliss-reactive ketones (excluding diaryl/α,β-unsaturated/α-hetero) is 1. The Bertz CT molecular complexity index is 422. The maximum atomic E-state index is 13.6. The minimum absolute atomic E-state index is 0.00350. The zero-order valence-corrected chi connectivity index (χ0v) is 11.6. The molecule has 0 saturated heterocycles. The van der Waals surface area contributed by atoms with Crippen molar-refractivity contribution in [2.45, 2.75) is 33.1 Å². The maximum Gasteiger partial charge on any atom is 0.144 e. The molecule has 4 heteroatoms. The molecule has 0 bridgehead atoms. The Hall–Kier alpha value is -0.930. The SMILES string of the molecule is CCC(CC)(CN)C(=O)Cc1ccc(Cl)cc1F. The first-order chi connectivity index (χ1) is 8.49. The molecule has 1 aromatic carbocycles. The topological polar surface area (TPSA) is 43.1 Å². The average molecular weight is 272 g/mol. The predicted molar refractivity (Wildman–Crippen MR) is 72.2 cm³/mol. The quantitative estimate of drug-likeness (QED) is 0.862. The smallest absolute Gasteiger partial charge is 0.144 e. The first-order valence-electron chi connectivity index (χ1n) is 6.16. The van der Waals surface area contributed by atoms with Crippen LogP contribution in [0.15, 0.2) is 18.2 Å². The molecule has 2 N–H and O–H groups in total. The molecule has 0 aliphatic heterocycles. The summed E-state index contributed by atoms with van der Waals surface area (Å²) in [4.78, 5) is 12.3. The van der Waals surface area contributed by atoms with Gasteiger partial charge in [-0.2, -0.15) is 0 Å². The minimum atomic E-state index is -0.536. The van der Waals surface area contributed by atoms with Crippen LogP contribution < -0.4 is 5.73 Å². The van der Waals surface area contributed by atoms with Crippen LogP contribution in [-0.2, 0) is 11.2 Å². The van der Waals surface area contributed by atoms with Gasteiger partial charge in [-0.1, -0.05) is 31.5 Å². The molecule has 1 rings (SSSR count). The fraction of sp³-hybridized carbons (Fsp3) is 0.500. The number of halogens is 2. The lowest BCUT2D eigenvalue weighted by Crippen LogP contribution is -2.38. The van der Waals surface area contributed by atoms with Crippen LogP contribution in [0.3, 0.4) is 0 Å². The summed E-state index contributed by atoms with van der Waals surface area (Å²) in [6, 6.07) is 4.38. The number of ketones is 1. The van der Waals surface area contributed by atoms with Crippen LogP contribution in [0.1, 0.15) is 32.3 Å². The molecule has 0 aliphatic rings. The van der Waals surface area contributed by atoms with Crippen molar-refractivity contribution in [1.29, 1.82) is 0 Å². The molecule has 0 fully saturated rings. The van der Waals surface area contributed by atoms with Gasteiger partial charge in [0.05, 0.1) is 0 Å². The van der Waals surface area contributed by atoms with Crippen molar-refractivity contribution in [3.63, 3.8) is 0 Å². The van der Waals surface area contributed by atoms with Crippen LogP contribution in [0.4, 0.5) is 4.39 Å². The van der Waals surface area contributed by atoms with E-state index in [1.807, 2.05) is 13.8 Å². The molecule has 18 heavy (non-hydrogen) atoms. The van der Waals surface area contributed by atoms with Gasteiger partial charge in [0.2, 0.25) is 0 Å². The second kappa shape index (κ2) is 6.30. The van der Waals surface area contributed by atoms with Crippen LogP contribution in [0, 0.1) is 11.2 Å². The number of carbonyl (C=O) groups is 1. The minimum Gasteiger partial charge on any atom is -0.329 e. The molecular weight excluding hydrogens is 253 g/mol. The summed E-state index contributed by atoms with van der Waals surface area (Å²) in [6.07, 6.45) is 1.42. The first-order valence-corrected chi connectivity index (χ1v) is 6.54. The zero-order valence-electron chi connectivity index (χ0n) is 10.8. The zero-order chi connectivity index (χ0) is 13.8. The first kappa shape index (κ1) is 15.1. The largest absolute Gasteiger partial charge is 0.329 e. The normalized spacial score (nSPS) is 11.6. The van der Waals surface area contributed by atoms with E-state index in [4.69, 9.17) is 17.3 Å². The van der Waals surface area contributed by atoms with E-state index < -0.39 is 11.2 Å². The van der Waals surface area contributed by atoms with Crippen LogP contribution in [0.25, 0.3) is 0 Å². The predicted octanol–water partition coefficient (Wildman–Crippen LogP) is 3.36. The second-order valence-corrected chi connectivity index (χ2v) is 4.96. The van der Waals surface area contributed by atoms with Gasteiger partial charge < -0.3 is 5.73 Å². The third-order valence-corrected chi connectivity index (χ3v) is 3.94. The third-order valence-electron chi connectivity index (χ3n) is 3.70. The molecule has 0 saturated carbocycles. The van der Waals surface area contributed by atoms with Crippen molar-refractivity contribution in [2.75, 3.05) is 6.54 Å². The van der Waals surface area contributed by atoms with E-state index >= 15 is 0 Å². The molecule has 100 valence electrons. The number of benzene rings is 1. The molecule has 0 radical (unpaired) electrons. The van der Waals surface area contributed by atoms with Crippen molar-refractivity contribution in [3.8, 4) is 0 Å². The van der Waals surface area contributed by atoms with Gasteiger partial charge in [-0.25, -0.2) is 4.39 Å². The fourth-order valence-corrected chi connectivity index (χ4v) is 2.23. The van der Waals surface area contributed by atoms with Crippen LogP contribution in [0.2, 0.25) is 5.02 Å². The summed E-state index contributed by atoms with van der Waals surface area (Å²) in [5.74, 6) is -0.440. The average Bonchev–Trinajstić information content (AvgIpc) is 2.36. The monoisotopic (exact) mass is 271 g/mol. The lowest BCUT2D eigenvalue weighted by Gasteiger charge is -2.28. The molecule has 0 amide bonds. The Labute approximate surface area is 112 Å². The molecule has 0 atom stereocenters. The summed E-state index contributed by atoms with van der Waals surface area (Å²) in [6.45, 7) is 4.17. The number of carbonyl (C=O) groups excluding carboxylic acids is 1. The van der Waals surface area contributed by atoms with Gasteiger partial charge in [0.1, 0.15) is 11.6 Å². The molecule has 2 nitrogen and oxygen atoms in total. The molecule has 0 heterocycles. The molecule has 0 aliphatic carbocycles. The lowest BCUT2D eigenvalue weighted by atomic mass is 9.76. The van der Waals surface area contributed by atoms with Crippen molar-refractivity contribution < 1.29 is 9.18 Å². The van der Waals surface area contributed by atoms with E-state index in [1.165, 1.54) is 6.07 Å². The maximum absolute atomic E-state index is 13.6. The number of rotatable bonds is 6. The van der Waals surface area contributed by atoms with Crippen molar-refractivity contribution >= 4 is 17.4 Å². The molecule has 0 spiro atoms. The summed E-state index contributed by atoms with van der Waals surface area (Å²) >= 11 is 5.68. The van der Waals surface area contributed by atoms with E-state index in [9.17, 15) is 9.18 Å². The van der Waals surface area contributed by atoms with E-state index in [0.717, 1.165) is 0 Å². The molecule has 0 aromatic heterocycles. The highest BCUT2D eigenvalue weighted by molar-refractivity contribution is 6.30. The van der Waals surface area contributed by atoms with Crippen LogP contribution in [0.5, 0.6) is 0 Å². The third kappa shape index (κ3) is 3.09. The highest BCUT2D eigenvalue weighted by atomic mass is 35.5. The summed E-state index contributed by atoms with van der Waals surface area (Å²) in [5, 5.41) is 0.333. The molecule has 0 unspecified atom stereocenters. The Morgan fingerprint density at radius 3 is 2.44 bits per heavy atom. The van der Waals surface area contributed by atoms with Gasteiger partial charge in [0.15, 0.2) is 0 Å². The summed E-state index contributed by atoms with van der Waals surface area (Å²) in [7, 11) is 0. The Kier molecular flexibility index (Phi) is 5.29. The highest BCUT2D eigenvalue weighted by Gasteiger charge is 2.33. The van der Waals surface area contributed by atoms with E-state index in [2.05, 4.69) is 0 Å².